The minimum atomic E-state index is -2.99. The third-order valence-electron chi connectivity index (χ3n) is 2.75. The quantitative estimate of drug-likeness (QED) is 0.810. The van der Waals surface area contributed by atoms with Gasteiger partial charge in [0.1, 0.15) is 5.75 Å². The van der Waals surface area contributed by atoms with E-state index in [1.54, 1.807) is 13.0 Å². The zero-order valence-corrected chi connectivity index (χ0v) is 12.0. The number of halogens is 2. The van der Waals surface area contributed by atoms with Crippen LogP contribution in [0.25, 0.3) is 0 Å². The number of benzene rings is 1. The Bertz CT molecular complexity index is 441. The van der Waals surface area contributed by atoms with Gasteiger partial charge in [0, 0.05) is 11.3 Å². The summed E-state index contributed by atoms with van der Waals surface area (Å²) in [6.07, 6.45) is 1.82. The molecule has 0 bridgehead atoms. The average Bonchev–Trinajstić information content (AvgIpc) is 2.39. The van der Waals surface area contributed by atoms with Gasteiger partial charge < -0.3 is 15.2 Å². The van der Waals surface area contributed by atoms with Crippen LogP contribution in [0.4, 0.5) is 8.78 Å². The summed E-state index contributed by atoms with van der Waals surface area (Å²) in [5.41, 5.74) is 0.0393. The summed E-state index contributed by atoms with van der Waals surface area (Å²) in [6.45, 7) is -1.33. The molecule has 0 spiro atoms. The highest BCUT2D eigenvalue weighted by molar-refractivity contribution is 7.99. The van der Waals surface area contributed by atoms with Crippen LogP contribution in [0.1, 0.15) is 17.3 Å². The first-order valence-corrected chi connectivity index (χ1v) is 7.26. The lowest BCUT2D eigenvalue weighted by Crippen LogP contribution is -2.41. The fourth-order valence-electron chi connectivity index (χ4n) is 1.67. The molecule has 2 unspecified atom stereocenters. The molecule has 1 amide bonds. The molecular weight excluding hydrogens is 288 g/mol. The summed E-state index contributed by atoms with van der Waals surface area (Å²) in [5.74, 6) is -0.682. The maximum atomic E-state index is 12.3. The van der Waals surface area contributed by atoms with Crippen LogP contribution in [0.3, 0.4) is 0 Å². The Hall–Kier alpha value is -1.34. The number of ether oxygens (including phenoxy) is 1. The Morgan fingerprint density at radius 1 is 1.45 bits per heavy atom. The summed E-state index contributed by atoms with van der Waals surface area (Å²) < 4.78 is 28.9. The average molecular weight is 305 g/mol. The third-order valence-corrected chi connectivity index (χ3v) is 3.91. The third kappa shape index (κ3) is 4.64. The summed E-state index contributed by atoms with van der Waals surface area (Å²) in [7, 11) is 0. The van der Waals surface area contributed by atoms with Crippen LogP contribution in [0, 0.1) is 0 Å². The number of carbonyl (C=O) groups is 1. The van der Waals surface area contributed by atoms with Gasteiger partial charge in [-0.1, -0.05) is 12.1 Å². The zero-order chi connectivity index (χ0) is 15.1. The molecule has 2 atom stereocenters. The van der Waals surface area contributed by atoms with Crippen molar-refractivity contribution in [3.63, 3.8) is 0 Å². The van der Waals surface area contributed by atoms with E-state index >= 15 is 0 Å². The molecule has 0 aliphatic heterocycles. The van der Waals surface area contributed by atoms with Gasteiger partial charge in [0.25, 0.3) is 5.91 Å². The maximum absolute atomic E-state index is 12.3. The molecule has 0 radical (unpaired) electrons. The number of carbonyl (C=O) groups excluding carboxylic acids is 1. The van der Waals surface area contributed by atoms with E-state index in [-0.39, 0.29) is 29.2 Å². The van der Waals surface area contributed by atoms with Gasteiger partial charge in [0.05, 0.1) is 12.2 Å². The number of amides is 1. The van der Waals surface area contributed by atoms with Crippen molar-refractivity contribution < 1.29 is 23.4 Å². The summed E-state index contributed by atoms with van der Waals surface area (Å²) in [5, 5.41) is 11.7. The van der Waals surface area contributed by atoms with Crippen molar-refractivity contribution in [2.75, 3.05) is 12.9 Å². The number of rotatable bonds is 7. The molecule has 20 heavy (non-hydrogen) atoms. The van der Waals surface area contributed by atoms with E-state index in [1.165, 1.54) is 30.0 Å². The van der Waals surface area contributed by atoms with E-state index in [2.05, 4.69) is 10.1 Å². The molecule has 1 aromatic rings. The van der Waals surface area contributed by atoms with Crippen molar-refractivity contribution in [2.24, 2.45) is 0 Å². The molecule has 0 aliphatic rings. The standard InChI is InChI=1S/C13H17F2NO3S/c1-8(11(7-17)20-2)16-12(18)9-5-3-4-6-10(9)19-13(14)15/h3-6,8,11,13,17H,7H2,1-2H3,(H,16,18). The summed E-state index contributed by atoms with van der Waals surface area (Å²) in [4.78, 5) is 12.1. The fourth-order valence-corrected chi connectivity index (χ4v) is 2.29. The predicted octanol–water partition coefficient (Wildman–Crippen LogP) is 2.13. The molecular formula is C13H17F2NO3S. The highest BCUT2D eigenvalue weighted by Crippen LogP contribution is 2.20. The van der Waals surface area contributed by atoms with E-state index < -0.39 is 12.5 Å². The SMILES string of the molecule is CSC(CO)C(C)NC(=O)c1ccccc1OC(F)F. The number of para-hydroxylation sites is 1. The number of hydrogen-bond acceptors (Lipinski definition) is 4. The minimum Gasteiger partial charge on any atom is -0.434 e. The van der Waals surface area contributed by atoms with Crippen molar-refractivity contribution in [1.29, 1.82) is 0 Å². The van der Waals surface area contributed by atoms with Crippen LogP contribution in [0.5, 0.6) is 5.75 Å². The van der Waals surface area contributed by atoms with Gasteiger partial charge in [0.15, 0.2) is 0 Å². The number of thioether (sulfide) groups is 1. The molecule has 112 valence electrons. The Balaban J connectivity index is 2.82. The topological polar surface area (TPSA) is 58.6 Å². The molecule has 1 rings (SSSR count). The van der Waals surface area contributed by atoms with Crippen molar-refractivity contribution in [3.05, 3.63) is 29.8 Å². The van der Waals surface area contributed by atoms with Crippen molar-refractivity contribution in [1.82, 2.24) is 5.32 Å². The second-order valence-electron chi connectivity index (χ2n) is 4.09. The van der Waals surface area contributed by atoms with Gasteiger partial charge in [0.2, 0.25) is 0 Å². The first-order valence-electron chi connectivity index (χ1n) is 5.98. The molecule has 1 aromatic carbocycles. The lowest BCUT2D eigenvalue weighted by molar-refractivity contribution is -0.0501. The predicted molar refractivity (Wildman–Crippen MR) is 74.4 cm³/mol. The van der Waals surface area contributed by atoms with Crippen molar-refractivity contribution in [2.45, 2.75) is 24.8 Å². The first kappa shape index (κ1) is 16.7. The molecule has 0 aliphatic carbocycles. The van der Waals surface area contributed by atoms with Crippen LogP contribution < -0.4 is 10.1 Å². The van der Waals surface area contributed by atoms with Crippen LogP contribution in [0.15, 0.2) is 24.3 Å². The Labute approximate surface area is 120 Å². The Kier molecular flexibility index (Phi) is 6.74. The molecule has 0 fully saturated rings. The van der Waals surface area contributed by atoms with Crippen LogP contribution in [-0.4, -0.2) is 41.8 Å². The fraction of sp³-hybridized carbons (Fsp3) is 0.462. The van der Waals surface area contributed by atoms with Gasteiger partial charge in [-0.3, -0.25) is 4.79 Å². The van der Waals surface area contributed by atoms with Gasteiger partial charge in [-0.05, 0) is 25.3 Å². The molecule has 7 heteroatoms. The first-order chi connectivity index (χ1) is 9.49. The van der Waals surface area contributed by atoms with Crippen molar-refractivity contribution in [3.8, 4) is 5.75 Å². The number of aliphatic hydroxyl groups excluding tert-OH is 1. The molecule has 0 heterocycles. The molecule has 4 nitrogen and oxygen atoms in total. The summed E-state index contributed by atoms with van der Waals surface area (Å²) >= 11 is 1.41. The monoisotopic (exact) mass is 305 g/mol. The molecule has 2 N–H and O–H groups in total. The Morgan fingerprint density at radius 2 is 2.10 bits per heavy atom. The van der Waals surface area contributed by atoms with E-state index in [0.717, 1.165) is 0 Å². The second-order valence-corrected chi connectivity index (χ2v) is 5.17. The van der Waals surface area contributed by atoms with Gasteiger partial charge in [-0.15, -0.1) is 0 Å². The molecule has 0 saturated heterocycles. The second kappa shape index (κ2) is 8.06. The number of aliphatic hydroxyl groups is 1. The number of alkyl halides is 2. The highest BCUT2D eigenvalue weighted by atomic mass is 32.2. The van der Waals surface area contributed by atoms with Gasteiger partial charge >= 0.3 is 6.61 Å². The largest absolute Gasteiger partial charge is 0.434 e. The van der Waals surface area contributed by atoms with Gasteiger partial charge in [-0.25, -0.2) is 0 Å². The lowest BCUT2D eigenvalue weighted by Gasteiger charge is -2.21. The smallest absolute Gasteiger partial charge is 0.387 e. The zero-order valence-electron chi connectivity index (χ0n) is 11.2. The van der Waals surface area contributed by atoms with E-state index in [0.29, 0.717) is 0 Å². The van der Waals surface area contributed by atoms with Crippen LogP contribution >= 0.6 is 11.8 Å². The van der Waals surface area contributed by atoms with E-state index in [4.69, 9.17) is 5.11 Å². The van der Waals surface area contributed by atoms with Gasteiger partial charge in [-0.2, -0.15) is 20.5 Å². The number of hydrogen-bond donors (Lipinski definition) is 2. The normalized spacial score (nSPS) is 13.9. The molecule has 0 saturated carbocycles. The van der Waals surface area contributed by atoms with E-state index in [9.17, 15) is 13.6 Å². The summed E-state index contributed by atoms with van der Waals surface area (Å²) in [6, 6.07) is 5.49. The van der Waals surface area contributed by atoms with Crippen LogP contribution in [-0.2, 0) is 0 Å². The maximum Gasteiger partial charge on any atom is 0.387 e. The van der Waals surface area contributed by atoms with Crippen molar-refractivity contribution >= 4 is 17.7 Å². The van der Waals surface area contributed by atoms with E-state index in [1.807, 2.05) is 6.26 Å². The van der Waals surface area contributed by atoms with Crippen LogP contribution in [0.2, 0.25) is 0 Å². The highest BCUT2D eigenvalue weighted by Gasteiger charge is 2.21. The lowest BCUT2D eigenvalue weighted by atomic mass is 10.1. The minimum absolute atomic E-state index is 0.0393. The number of nitrogens with one attached hydrogen (secondary N) is 1. The Morgan fingerprint density at radius 3 is 2.65 bits per heavy atom. The molecule has 0 aromatic heterocycles.